The first kappa shape index (κ1) is 22.6. The summed E-state index contributed by atoms with van der Waals surface area (Å²) in [5.41, 5.74) is 3.13. The number of ketones is 1. The molecule has 2 atom stereocenters. The summed E-state index contributed by atoms with van der Waals surface area (Å²) in [5, 5.41) is 17.4. The number of aromatic nitrogens is 1. The molecule has 1 heterocycles. The lowest BCUT2D eigenvalue weighted by Gasteiger charge is -2.37. The molecule has 31 heavy (non-hydrogen) atoms. The van der Waals surface area contributed by atoms with E-state index in [4.69, 9.17) is 20.4 Å². The minimum absolute atomic E-state index is 0.0556. The van der Waals surface area contributed by atoms with Crippen molar-refractivity contribution in [3.8, 4) is 6.07 Å². The maximum absolute atomic E-state index is 13.2. The molecule has 1 aliphatic rings. The van der Waals surface area contributed by atoms with E-state index in [0.29, 0.717) is 16.9 Å². The quantitative estimate of drug-likeness (QED) is 0.518. The monoisotopic (exact) mass is 419 g/mol. The predicted molar refractivity (Wildman–Crippen MR) is 119 cm³/mol. The number of nitriles is 1. The summed E-state index contributed by atoms with van der Waals surface area (Å²) in [7, 11) is 0. The van der Waals surface area contributed by atoms with Gasteiger partial charge in [-0.25, -0.2) is 4.79 Å². The third kappa shape index (κ3) is 4.51. The Kier molecular flexibility index (Phi) is 6.54. The molecule has 3 rings (SSSR count). The van der Waals surface area contributed by atoms with E-state index in [2.05, 4.69) is 20.8 Å². The Morgan fingerprint density at radius 3 is 2.71 bits per heavy atom. The molecule has 2 aromatic rings. The molecule has 1 aromatic heterocycles. The zero-order valence-electron chi connectivity index (χ0n) is 18.6. The van der Waals surface area contributed by atoms with Crippen LogP contribution in [-0.2, 0) is 22.4 Å². The van der Waals surface area contributed by atoms with Crippen LogP contribution in [0, 0.1) is 34.0 Å². The Hall–Kier alpha value is -3.07. The lowest BCUT2D eigenvalue weighted by Crippen LogP contribution is -2.31. The summed E-state index contributed by atoms with van der Waals surface area (Å²) in [6.45, 7) is 7.58. The molecule has 0 radical (unpaired) electrons. The van der Waals surface area contributed by atoms with Crippen molar-refractivity contribution in [3.63, 3.8) is 0 Å². The first-order valence-corrected chi connectivity index (χ1v) is 10.7. The number of fused-ring (bicyclic) bond motifs is 2. The Labute approximate surface area is 183 Å². The van der Waals surface area contributed by atoms with Gasteiger partial charge in [0, 0.05) is 16.8 Å². The molecule has 0 aliphatic heterocycles. The standard InChI is InChI=1S/C25H29N3O3/c1-5-25(3,4)16-10-11-21-18(12-16)23(17-8-6-7-9-20(17)28-21)24(30)31-14-22(29)19(13-26)15(2)27/h6-9,16,19,27H,5,10-12,14H2,1-4H3/t16-,19-/m0/s1. The molecule has 0 unspecified atom stereocenters. The maximum atomic E-state index is 13.2. The number of nitrogens with zero attached hydrogens (tertiary/aromatic N) is 2. The highest BCUT2D eigenvalue weighted by Gasteiger charge is 2.35. The SMILES string of the molecule is CCC(C)(C)[C@H]1CCc2nc3ccccc3c(C(=O)OCC(=O)[C@@H](C#N)C(C)=N)c2C1. The number of carbonyl (C=O) groups is 2. The summed E-state index contributed by atoms with van der Waals surface area (Å²) < 4.78 is 5.38. The van der Waals surface area contributed by atoms with Gasteiger partial charge in [0.25, 0.3) is 0 Å². The van der Waals surface area contributed by atoms with Gasteiger partial charge in [0.1, 0.15) is 5.92 Å². The summed E-state index contributed by atoms with van der Waals surface area (Å²) in [4.78, 5) is 30.3. The second-order valence-corrected chi connectivity index (χ2v) is 9.00. The minimum atomic E-state index is -1.19. The van der Waals surface area contributed by atoms with Crippen molar-refractivity contribution in [2.24, 2.45) is 17.3 Å². The number of benzene rings is 1. The van der Waals surface area contributed by atoms with Crippen LogP contribution in [0.5, 0.6) is 0 Å². The zero-order chi connectivity index (χ0) is 22.8. The van der Waals surface area contributed by atoms with E-state index in [1.165, 1.54) is 6.92 Å². The average Bonchev–Trinajstić information content (AvgIpc) is 2.75. The molecule has 0 spiro atoms. The topological polar surface area (TPSA) is 104 Å². The lowest BCUT2D eigenvalue weighted by atomic mass is 9.68. The third-order valence-electron chi connectivity index (χ3n) is 6.71. The molecule has 0 fully saturated rings. The summed E-state index contributed by atoms with van der Waals surface area (Å²) in [6.07, 6.45) is 3.61. The molecular weight excluding hydrogens is 390 g/mol. The van der Waals surface area contributed by atoms with E-state index < -0.39 is 24.3 Å². The van der Waals surface area contributed by atoms with Crippen LogP contribution in [0.15, 0.2) is 24.3 Å². The average molecular weight is 420 g/mol. The van der Waals surface area contributed by atoms with Gasteiger partial charge in [0.15, 0.2) is 12.4 Å². The van der Waals surface area contributed by atoms with Crippen LogP contribution in [0.2, 0.25) is 0 Å². The van der Waals surface area contributed by atoms with Crippen LogP contribution in [0.25, 0.3) is 10.9 Å². The fourth-order valence-electron chi connectivity index (χ4n) is 4.28. The number of esters is 1. The number of Topliss-reactive ketones (excluding diaryl/α,β-unsaturated/α-hetero) is 1. The van der Waals surface area contributed by atoms with Crippen LogP contribution in [0.4, 0.5) is 0 Å². The highest BCUT2D eigenvalue weighted by atomic mass is 16.5. The first-order chi connectivity index (χ1) is 14.7. The molecular formula is C25H29N3O3. The largest absolute Gasteiger partial charge is 0.454 e. The molecule has 6 heteroatoms. The second kappa shape index (κ2) is 8.97. The number of hydrogen-bond donors (Lipinski definition) is 1. The van der Waals surface area contributed by atoms with E-state index in [1.807, 2.05) is 24.3 Å². The van der Waals surface area contributed by atoms with Crippen LogP contribution >= 0.6 is 0 Å². The van der Waals surface area contributed by atoms with Crippen molar-refractivity contribution in [2.45, 2.75) is 53.4 Å². The molecule has 0 saturated heterocycles. The van der Waals surface area contributed by atoms with Crippen LogP contribution in [0.1, 0.15) is 62.2 Å². The van der Waals surface area contributed by atoms with Crippen LogP contribution in [-0.4, -0.2) is 29.1 Å². The van der Waals surface area contributed by atoms with E-state index in [-0.39, 0.29) is 11.1 Å². The van der Waals surface area contributed by atoms with Crippen molar-refractivity contribution in [1.29, 1.82) is 10.7 Å². The fourth-order valence-corrected chi connectivity index (χ4v) is 4.28. The van der Waals surface area contributed by atoms with Crippen molar-refractivity contribution in [1.82, 2.24) is 4.98 Å². The van der Waals surface area contributed by atoms with Gasteiger partial charge in [-0.1, -0.05) is 45.4 Å². The van der Waals surface area contributed by atoms with Gasteiger partial charge in [-0.05, 0) is 49.1 Å². The predicted octanol–water partition coefficient (Wildman–Crippen LogP) is 4.68. The highest BCUT2D eigenvalue weighted by Crippen LogP contribution is 2.41. The van der Waals surface area contributed by atoms with Crippen molar-refractivity contribution < 1.29 is 14.3 Å². The van der Waals surface area contributed by atoms with Gasteiger partial charge < -0.3 is 10.1 Å². The fraction of sp³-hybridized carbons (Fsp3) is 0.480. The summed E-state index contributed by atoms with van der Waals surface area (Å²) in [6, 6.07) is 9.28. The number of pyridine rings is 1. The molecule has 162 valence electrons. The minimum Gasteiger partial charge on any atom is -0.454 e. The van der Waals surface area contributed by atoms with E-state index in [9.17, 15) is 9.59 Å². The van der Waals surface area contributed by atoms with Crippen molar-refractivity contribution >= 4 is 28.4 Å². The number of hydrogen-bond acceptors (Lipinski definition) is 6. The van der Waals surface area contributed by atoms with Crippen LogP contribution < -0.4 is 0 Å². The molecule has 0 bridgehead atoms. The van der Waals surface area contributed by atoms with Gasteiger partial charge >= 0.3 is 5.97 Å². The van der Waals surface area contributed by atoms with Crippen molar-refractivity contribution in [3.05, 3.63) is 41.1 Å². The molecule has 1 aliphatic carbocycles. The molecule has 6 nitrogen and oxygen atoms in total. The molecule has 1 aromatic carbocycles. The van der Waals surface area contributed by atoms with E-state index >= 15 is 0 Å². The number of para-hydroxylation sites is 1. The summed E-state index contributed by atoms with van der Waals surface area (Å²) >= 11 is 0. The third-order valence-corrected chi connectivity index (χ3v) is 6.71. The number of aryl methyl sites for hydroxylation is 1. The van der Waals surface area contributed by atoms with E-state index in [0.717, 1.165) is 42.5 Å². The molecule has 0 saturated carbocycles. The van der Waals surface area contributed by atoms with Crippen LogP contribution in [0.3, 0.4) is 0 Å². The molecule has 1 N–H and O–H groups in total. The molecule has 0 amide bonds. The van der Waals surface area contributed by atoms with Crippen molar-refractivity contribution in [2.75, 3.05) is 6.61 Å². The zero-order valence-corrected chi connectivity index (χ0v) is 18.6. The van der Waals surface area contributed by atoms with Gasteiger partial charge in [-0.2, -0.15) is 5.26 Å². The Balaban J connectivity index is 1.98. The maximum Gasteiger partial charge on any atom is 0.339 e. The number of ether oxygens (including phenoxy) is 1. The highest BCUT2D eigenvalue weighted by molar-refractivity contribution is 6.08. The normalized spacial score (nSPS) is 16.8. The second-order valence-electron chi connectivity index (χ2n) is 9.00. The number of carbonyl (C=O) groups excluding carboxylic acids is 2. The summed E-state index contributed by atoms with van der Waals surface area (Å²) in [5.74, 6) is -1.92. The Morgan fingerprint density at radius 1 is 1.35 bits per heavy atom. The van der Waals surface area contributed by atoms with Gasteiger partial charge in [0.05, 0.1) is 17.1 Å². The van der Waals surface area contributed by atoms with Gasteiger partial charge in [-0.15, -0.1) is 0 Å². The Morgan fingerprint density at radius 2 is 2.06 bits per heavy atom. The Bertz CT molecular complexity index is 1080. The first-order valence-electron chi connectivity index (χ1n) is 10.7. The number of nitrogens with one attached hydrogen (secondary N) is 1. The smallest absolute Gasteiger partial charge is 0.339 e. The number of rotatable bonds is 7. The van der Waals surface area contributed by atoms with Gasteiger partial charge in [-0.3, -0.25) is 9.78 Å². The van der Waals surface area contributed by atoms with Gasteiger partial charge in [0.2, 0.25) is 0 Å². The lowest BCUT2D eigenvalue weighted by molar-refractivity contribution is -0.122. The van der Waals surface area contributed by atoms with E-state index in [1.54, 1.807) is 6.07 Å².